The summed E-state index contributed by atoms with van der Waals surface area (Å²) < 4.78 is 5.50. The minimum absolute atomic E-state index is 0.155. The molecule has 1 aliphatic heterocycles. The second kappa shape index (κ2) is 9.98. The molecule has 35 heavy (non-hydrogen) atoms. The predicted octanol–water partition coefficient (Wildman–Crippen LogP) is 2.88. The molecule has 2 amide bonds. The van der Waals surface area contributed by atoms with Crippen LogP contribution in [0.1, 0.15) is 20.7 Å². The largest absolute Gasteiger partial charge is 0.495 e. The van der Waals surface area contributed by atoms with E-state index in [-0.39, 0.29) is 11.8 Å². The normalized spacial score (nSPS) is 12.7. The summed E-state index contributed by atoms with van der Waals surface area (Å²) in [5.41, 5.74) is 3.16. The number of likely N-dealkylation sites (N-methyl/N-ethyl adjacent to an activating group) is 1. The first kappa shape index (κ1) is 24.0. The summed E-state index contributed by atoms with van der Waals surface area (Å²) in [5.74, 6) is 0.905. The molecule has 2 aromatic carbocycles. The molecule has 0 atom stereocenters. The Hall–Kier alpha value is -4.18. The highest BCUT2D eigenvalue weighted by Crippen LogP contribution is 2.38. The number of nitrogens with one attached hydrogen (secondary N) is 2. The Balaban J connectivity index is 1.59. The molecular formula is C25H29N7O3. The number of aromatic nitrogens is 2. The van der Waals surface area contributed by atoms with Crippen LogP contribution >= 0.6 is 0 Å². The van der Waals surface area contributed by atoms with E-state index in [1.807, 2.05) is 49.1 Å². The number of anilines is 5. The Morgan fingerprint density at radius 3 is 2.60 bits per heavy atom. The lowest BCUT2D eigenvalue weighted by molar-refractivity contribution is 0.0949. The molecule has 0 bridgehead atoms. The fourth-order valence-corrected chi connectivity index (χ4v) is 3.82. The molecule has 3 aromatic rings. The summed E-state index contributed by atoms with van der Waals surface area (Å²) in [6, 6.07) is 12.5. The molecule has 2 heterocycles. The second-order valence-corrected chi connectivity index (χ2v) is 8.44. The summed E-state index contributed by atoms with van der Waals surface area (Å²) in [5, 5.41) is 6.04. The lowest BCUT2D eigenvalue weighted by Crippen LogP contribution is -2.31. The number of nitrogens with zero attached hydrogens (tertiary/aromatic N) is 5. The first-order valence-electron chi connectivity index (χ1n) is 11.2. The average molecular weight is 476 g/mol. The van der Waals surface area contributed by atoms with Crippen LogP contribution in [-0.2, 0) is 0 Å². The van der Waals surface area contributed by atoms with Gasteiger partial charge < -0.3 is 25.2 Å². The third-order valence-electron chi connectivity index (χ3n) is 5.78. The van der Waals surface area contributed by atoms with Gasteiger partial charge in [-0.2, -0.15) is 4.98 Å². The highest BCUT2D eigenvalue weighted by Gasteiger charge is 2.29. The van der Waals surface area contributed by atoms with Crippen molar-refractivity contribution in [2.45, 2.75) is 0 Å². The van der Waals surface area contributed by atoms with E-state index < -0.39 is 0 Å². The molecule has 0 spiro atoms. The van der Waals surface area contributed by atoms with Gasteiger partial charge in [-0.15, -0.1) is 0 Å². The number of para-hydroxylation sites is 1. The van der Waals surface area contributed by atoms with Gasteiger partial charge in [-0.3, -0.25) is 14.5 Å². The zero-order valence-corrected chi connectivity index (χ0v) is 20.5. The Morgan fingerprint density at radius 2 is 1.86 bits per heavy atom. The van der Waals surface area contributed by atoms with Crippen LogP contribution in [0.25, 0.3) is 0 Å². The summed E-state index contributed by atoms with van der Waals surface area (Å²) in [4.78, 5) is 40.1. The van der Waals surface area contributed by atoms with E-state index in [0.29, 0.717) is 46.6 Å². The molecule has 0 saturated heterocycles. The quantitative estimate of drug-likeness (QED) is 0.538. The van der Waals surface area contributed by atoms with Crippen molar-refractivity contribution in [2.24, 2.45) is 0 Å². The van der Waals surface area contributed by atoms with Gasteiger partial charge in [0.05, 0.1) is 30.2 Å². The van der Waals surface area contributed by atoms with Gasteiger partial charge >= 0.3 is 0 Å². The van der Waals surface area contributed by atoms with E-state index >= 15 is 0 Å². The maximum absolute atomic E-state index is 13.1. The van der Waals surface area contributed by atoms with Gasteiger partial charge in [-0.1, -0.05) is 12.1 Å². The number of hydrogen-bond acceptors (Lipinski definition) is 8. The zero-order valence-electron chi connectivity index (χ0n) is 20.5. The van der Waals surface area contributed by atoms with Crippen LogP contribution in [0.5, 0.6) is 5.75 Å². The molecule has 0 aliphatic carbocycles. The molecule has 4 rings (SSSR count). The molecule has 0 unspecified atom stereocenters. The average Bonchev–Trinajstić information content (AvgIpc) is 2.94. The van der Waals surface area contributed by atoms with Gasteiger partial charge in [-0.25, -0.2) is 4.98 Å². The van der Waals surface area contributed by atoms with Crippen LogP contribution in [0.4, 0.5) is 28.8 Å². The molecular weight excluding hydrogens is 446 g/mol. The van der Waals surface area contributed by atoms with Gasteiger partial charge in [0.15, 0.2) is 5.82 Å². The molecule has 0 saturated carbocycles. The van der Waals surface area contributed by atoms with E-state index in [0.717, 1.165) is 12.2 Å². The van der Waals surface area contributed by atoms with Crippen LogP contribution in [0.3, 0.4) is 0 Å². The Labute approximate surface area is 204 Å². The van der Waals surface area contributed by atoms with E-state index in [2.05, 4.69) is 20.6 Å². The Morgan fingerprint density at radius 1 is 1.09 bits per heavy atom. The van der Waals surface area contributed by atoms with Crippen molar-refractivity contribution in [1.82, 2.24) is 20.2 Å². The van der Waals surface area contributed by atoms with Crippen molar-refractivity contribution < 1.29 is 14.3 Å². The first-order valence-corrected chi connectivity index (χ1v) is 11.2. The number of carbonyl (C=O) groups excluding carboxylic acids is 2. The van der Waals surface area contributed by atoms with E-state index in [9.17, 15) is 9.59 Å². The molecule has 10 heteroatoms. The highest BCUT2D eigenvalue weighted by molar-refractivity contribution is 6.12. The molecule has 1 aromatic heterocycles. The highest BCUT2D eigenvalue weighted by atomic mass is 16.5. The standard InChI is InChI=1S/C25H29N7O3/c1-30(2)13-12-26-23(33)16-10-11-18(21(14-16)35-5)28-25-27-15-20-22(29-25)32(4)24(34)17-8-6-7-9-19(17)31(20)3/h6-11,14-15H,12-13H2,1-5H3,(H,26,33)(H,27,28,29). The van der Waals surface area contributed by atoms with Crippen LogP contribution in [0.15, 0.2) is 48.7 Å². The monoisotopic (exact) mass is 475 g/mol. The number of carbonyl (C=O) groups is 2. The predicted molar refractivity (Wildman–Crippen MR) is 136 cm³/mol. The summed E-state index contributed by atoms with van der Waals surface area (Å²) in [7, 11) is 9.00. The van der Waals surface area contributed by atoms with E-state index in [4.69, 9.17) is 4.74 Å². The Bertz CT molecular complexity index is 1260. The second-order valence-electron chi connectivity index (χ2n) is 8.44. The molecule has 10 nitrogen and oxygen atoms in total. The molecule has 182 valence electrons. The number of fused-ring (bicyclic) bond motifs is 2. The van der Waals surface area contributed by atoms with Crippen LogP contribution in [0, 0.1) is 0 Å². The zero-order chi connectivity index (χ0) is 25.1. The lowest BCUT2D eigenvalue weighted by Gasteiger charge is -2.21. The molecule has 0 fully saturated rings. The van der Waals surface area contributed by atoms with E-state index in [1.165, 1.54) is 12.0 Å². The smallest absolute Gasteiger partial charge is 0.261 e. The van der Waals surface area contributed by atoms with Crippen LogP contribution in [0.2, 0.25) is 0 Å². The van der Waals surface area contributed by atoms with Gasteiger partial charge in [0, 0.05) is 32.7 Å². The van der Waals surface area contributed by atoms with Gasteiger partial charge in [0.1, 0.15) is 11.4 Å². The summed E-state index contributed by atoms with van der Waals surface area (Å²) in [6.45, 7) is 1.29. The number of methoxy groups -OCH3 is 1. The van der Waals surface area contributed by atoms with Gasteiger partial charge in [0.25, 0.3) is 11.8 Å². The minimum Gasteiger partial charge on any atom is -0.495 e. The number of rotatable bonds is 7. The molecule has 0 radical (unpaired) electrons. The molecule has 1 aliphatic rings. The van der Waals surface area contributed by atoms with Crippen molar-refractivity contribution in [3.8, 4) is 5.75 Å². The lowest BCUT2D eigenvalue weighted by atomic mass is 10.1. The van der Waals surface area contributed by atoms with Crippen molar-refractivity contribution in [1.29, 1.82) is 0 Å². The third kappa shape index (κ3) is 4.87. The van der Waals surface area contributed by atoms with Crippen molar-refractivity contribution >= 4 is 40.6 Å². The van der Waals surface area contributed by atoms with Crippen LogP contribution in [-0.4, -0.2) is 75.1 Å². The SMILES string of the molecule is COc1cc(C(=O)NCCN(C)C)ccc1Nc1ncc2c(n1)N(C)C(=O)c1ccccc1N2C. The topological polar surface area (TPSA) is 103 Å². The van der Waals surface area contributed by atoms with Gasteiger partial charge in [-0.05, 0) is 44.4 Å². The minimum atomic E-state index is -0.180. The van der Waals surface area contributed by atoms with Crippen molar-refractivity contribution in [2.75, 3.05) is 63.5 Å². The summed E-state index contributed by atoms with van der Waals surface area (Å²) in [6.07, 6.45) is 1.68. The van der Waals surface area contributed by atoms with Gasteiger partial charge in [0.2, 0.25) is 5.95 Å². The maximum Gasteiger partial charge on any atom is 0.261 e. The number of hydrogen-bond donors (Lipinski definition) is 2. The fraction of sp³-hybridized carbons (Fsp3) is 0.280. The third-order valence-corrected chi connectivity index (χ3v) is 5.78. The maximum atomic E-state index is 13.1. The van der Waals surface area contributed by atoms with Crippen molar-refractivity contribution in [3.05, 3.63) is 59.8 Å². The molecule has 2 N–H and O–H groups in total. The van der Waals surface area contributed by atoms with E-state index in [1.54, 1.807) is 37.5 Å². The van der Waals surface area contributed by atoms with Crippen LogP contribution < -0.4 is 25.2 Å². The first-order chi connectivity index (χ1) is 16.8. The number of benzene rings is 2. The number of amides is 2. The summed E-state index contributed by atoms with van der Waals surface area (Å²) >= 11 is 0. The number of ether oxygens (including phenoxy) is 1. The fourth-order valence-electron chi connectivity index (χ4n) is 3.82. The Kier molecular flexibility index (Phi) is 6.83. The van der Waals surface area contributed by atoms with Crippen molar-refractivity contribution in [3.63, 3.8) is 0 Å².